The van der Waals surface area contributed by atoms with Crippen LogP contribution in [0.1, 0.15) is 31.4 Å². The van der Waals surface area contributed by atoms with Crippen LogP contribution < -0.4 is 5.32 Å². The fourth-order valence-electron chi connectivity index (χ4n) is 2.83. The Kier molecular flexibility index (Phi) is 4.61. The summed E-state index contributed by atoms with van der Waals surface area (Å²) < 4.78 is 0. The van der Waals surface area contributed by atoms with Gasteiger partial charge in [0.05, 0.1) is 0 Å². The van der Waals surface area contributed by atoms with E-state index in [0.717, 1.165) is 25.6 Å². The van der Waals surface area contributed by atoms with Crippen molar-refractivity contribution >= 4 is 0 Å². The van der Waals surface area contributed by atoms with Crippen LogP contribution in [0.5, 0.6) is 5.75 Å². The molecule has 18 heavy (non-hydrogen) atoms. The molecule has 0 bridgehead atoms. The first-order valence-electron chi connectivity index (χ1n) is 6.88. The summed E-state index contributed by atoms with van der Waals surface area (Å²) in [5.41, 5.74) is 1.21. The van der Waals surface area contributed by atoms with Crippen molar-refractivity contribution in [1.29, 1.82) is 0 Å². The summed E-state index contributed by atoms with van der Waals surface area (Å²) in [4.78, 5) is 2.51. The Labute approximate surface area is 110 Å². The highest BCUT2D eigenvalue weighted by atomic mass is 16.3. The van der Waals surface area contributed by atoms with Crippen LogP contribution in [0.15, 0.2) is 24.3 Å². The van der Waals surface area contributed by atoms with E-state index in [1.807, 2.05) is 19.2 Å². The number of nitrogens with one attached hydrogen (secondary N) is 1. The molecule has 0 saturated carbocycles. The first-order valence-corrected chi connectivity index (χ1v) is 6.88. The van der Waals surface area contributed by atoms with Crippen molar-refractivity contribution in [2.24, 2.45) is 5.92 Å². The number of hydrogen-bond donors (Lipinski definition) is 2. The van der Waals surface area contributed by atoms with Crippen molar-refractivity contribution in [2.45, 2.75) is 25.8 Å². The van der Waals surface area contributed by atoms with Gasteiger partial charge in [-0.3, -0.25) is 4.90 Å². The van der Waals surface area contributed by atoms with Gasteiger partial charge in [0.15, 0.2) is 0 Å². The van der Waals surface area contributed by atoms with E-state index < -0.39 is 0 Å². The highest BCUT2D eigenvalue weighted by Crippen LogP contribution is 2.27. The van der Waals surface area contributed by atoms with E-state index in [0.29, 0.717) is 11.8 Å². The van der Waals surface area contributed by atoms with E-state index >= 15 is 0 Å². The van der Waals surface area contributed by atoms with Crippen LogP contribution >= 0.6 is 0 Å². The Morgan fingerprint density at radius 1 is 1.39 bits per heavy atom. The monoisotopic (exact) mass is 248 g/mol. The minimum Gasteiger partial charge on any atom is -0.508 e. The maximum absolute atomic E-state index is 9.55. The number of aromatic hydroxyl groups is 1. The van der Waals surface area contributed by atoms with Gasteiger partial charge in [-0.25, -0.2) is 0 Å². The molecular formula is C15H24N2O. The lowest BCUT2D eigenvalue weighted by Gasteiger charge is -2.36. The van der Waals surface area contributed by atoms with Gasteiger partial charge in [0.25, 0.3) is 0 Å². The van der Waals surface area contributed by atoms with Crippen LogP contribution in [0.2, 0.25) is 0 Å². The van der Waals surface area contributed by atoms with Gasteiger partial charge >= 0.3 is 0 Å². The van der Waals surface area contributed by atoms with E-state index in [4.69, 9.17) is 0 Å². The predicted molar refractivity (Wildman–Crippen MR) is 74.7 cm³/mol. The predicted octanol–water partition coefficient (Wildman–Crippen LogP) is 2.38. The van der Waals surface area contributed by atoms with Crippen LogP contribution in [-0.4, -0.2) is 36.7 Å². The summed E-state index contributed by atoms with van der Waals surface area (Å²) in [5, 5.41) is 12.8. The molecule has 1 fully saturated rings. The Morgan fingerprint density at radius 2 is 2.11 bits per heavy atom. The zero-order valence-electron chi connectivity index (χ0n) is 11.4. The summed E-state index contributed by atoms with van der Waals surface area (Å²) in [6.45, 7) is 5.67. The topological polar surface area (TPSA) is 35.5 Å². The molecule has 1 heterocycles. The fourth-order valence-corrected chi connectivity index (χ4v) is 2.83. The van der Waals surface area contributed by atoms with Gasteiger partial charge in [-0.1, -0.05) is 12.1 Å². The molecule has 1 atom stereocenters. The molecule has 100 valence electrons. The summed E-state index contributed by atoms with van der Waals surface area (Å²) in [6, 6.07) is 8.03. The zero-order chi connectivity index (χ0) is 13.0. The number of piperidine rings is 1. The van der Waals surface area contributed by atoms with Gasteiger partial charge in [-0.2, -0.15) is 0 Å². The van der Waals surface area contributed by atoms with Crippen molar-refractivity contribution in [3.63, 3.8) is 0 Å². The Balaban J connectivity index is 1.93. The van der Waals surface area contributed by atoms with Crippen molar-refractivity contribution in [3.8, 4) is 5.75 Å². The molecule has 1 aromatic rings. The highest BCUT2D eigenvalue weighted by Gasteiger charge is 2.23. The van der Waals surface area contributed by atoms with Crippen molar-refractivity contribution in [1.82, 2.24) is 10.2 Å². The summed E-state index contributed by atoms with van der Waals surface area (Å²) in [7, 11) is 2.03. The molecule has 1 saturated heterocycles. The Morgan fingerprint density at radius 3 is 2.72 bits per heavy atom. The van der Waals surface area contributed by atoms with E-state index in [1.165, 1.54) is 18.4 Å². The fraction of sp³-hybridized carbons (Fsp3) is 0.600. The van der Waals surface area contributed by atoms with Crippen LogP contribution in [0, 0.1) is 5.92 Å². The number of benzene rings is 1. The molecule has 3 heteroatoms. The lowest BCUT2D eigenvalue weighted by molar-refractivity contribution is 0.141. The summed E-state index contributed by atoms with van der Waals surface area (Å²) in [6.07, 6.45) is 2.54. The van der Waals surface area contributed by atoms with Gasteiger partial charge in [-0.05, 0) is 70.1 Å². The number of rotatable bonds is 4. The number of hydrogen-bond acceptors (Lipinski definition) is 3. The van der Waals surface area contributed by atoms with Crippen LogP contribution in [0.25, 0.3) is 0 Å². The van der Waals surface area contributed by atoms with Crippen molar-refractivity contribution < 1.29 is 5.11 Å². The quantitative estimate of drug-likeness (QED) is 0.859. The smallest absolute Gasteiger partial charge is 0.115 e. The third kappa shape index (κ3) is 3.24. The average Bonchev–Trinajstić information content (AvgIpc) is 2.39. The number of likely N-dealkylation sites (tertiary alicyclic amines) is 1. The minimum absolute atomic E-state index is 0.365. The molecule has 1 unspecified atom stereocenters. The summed E-state index contributed by atoms with van der Waals surface area (Å²) in [5.74, 6) is 1.19. The van der Waals surface area contributed by atoms with E-state index in [1.54, 1.807) is 6.07 Å². The van der Waals surface area contributed by atoms with Crippen LogP contribution in [0.3, 0.4) is 0 Å². The maximum Gasteiger partial charge on any atom is 0.115 e. The normalized spacial score (nSPS) is 19.9. The van der Waals surface area contributed by atoms with Crippen molar-refractivity contribution in [3.05, 3.63) is 29.8 Å². The molecule has 3 nitrogen and oxygen atoms in total. The second-order valence-electron chi connectivity index (χ2n) is 5.31. The average molecular weight is 248 g/mol. The largest absolute Gasteiger partial charge is 0.508 e. The standard InChI is InChI=1S/C15H24N2O/c1-12(14-4-3-5-15(18)10-14)17-8-6-13(7-9-17)11-16-2/h3-5,10,12-13,16,18H,6-9,11H2,1-2H3. The second kappa shape index (κ2) is 6.21. The molecule has 1 aliphatic rings. The number of phenolic OH excluding ortho intramolecular Hbond substituents is 1. The number of phenols is 1. The van der Waals surface area contributed by atoms with Gasteiger partial charge in [-0.15, -0.1) is 0 Å². The highest BCUT2D eigenvalue weighted by molar-refractivity contribution is 5.29. The molecule has 0 amide bonds. The molecule has 2 rings (SSSR count). The first kappa shape index (κ1) is 13.4. The molecule has 0 aromatic heterocycles. The van der Waals surface area contributed by atoms with Crippen LogP contribution in [-0.2, 0) is 0 Å². The Hall–Kier alpha value is -1.06. The second-order valence-corrected chi connectivity index (χ2v) is 5.31. The number of nitrogens with zero attached hydrogens (tertiary/aromatic N) is 1. The molecule has 0 aliphatic carbocycles. The third-order valence-electron chi connectivity index (χ3n) is 4.04. The lowest BCUT2D eigenvalue weighted by atomic mass is 9.94. The molecule has 1 aliphatic heterocycles. The van der Waals surface area contributed by atoms with E-state index in [9.17, 15) is 5.11 Å². The SMILES string of the molecule is CNCC1CCN(C(C)c2cccc(O)c2)CC1. The first-order chi connectivity index (χ1) is 8.70. The molecule has 0 spiro atoms. The zero-order valence-corrected chi connectivity index (χ0v) is 11.4. The van der Waals surface area contributed by atoms with Crippen LogP contribution in [0.4, 0.5) is 0 Å². The van der Waals surface area contributed by atoms with Gasteiger partial charge < -0.3 is 10.4 Å². The maximum atomic E-state index is 9.55. The Bertz CT molecular complexity index is 373. The molecule has 0 radical (unpaired) electrons. The minimum atomic E-state index is 0.365. The van der Waals surface area contributed by atoms with Gasteiger partial charge in [0.1, 0.15) is 5.75 Å². The van der Waals surface area contributed by atoms with E-state index in [-0.39, 0.29) is 0 Å². The van der Waals surface area contributed by atoms with E-state index in [2.05, 4.69) is 23.2 Å². The molecular weight excluding hydrogens is 224 g/mol. The molecule has 1 aromatic carbocycles. The lowest BCUT2D eigenvalue weighted by Crippen LogP contribution is -2.38. The van der Waals surface area contributed by atoms with Gasteiger partial charge in [0, 0.05) is 6.04 Å². The van der Waals surface area contributed by atoms with Crippen molar-refractivity contribution in [2.75, 3.05) is 26.7 Å². The summed E-state index contributed by atoms with van der Waals surface area (Å²) >= 11 is 0. The van der Waals surface area contributed by atoms with Gasteiger partial charge in [0.2, 0.25) is 0 Å². The molecule has 2 N–H and O–H groups in total. The third-order valence-corrected chi connectivity index (χ3v) is 4.04.